The van der Waals surface area contributed by atoms with Gasteiger partial charge in [-0.1, -0.05) is 97.9 Å². The molecule has 2 atom stereocenters. The fourth-order valence-electron chi connectivity index (χ4n) is 4.49. The lowest BCUT2D eigenvalue weighted by molar-refractivity contribution is -0.137. The third-order valence-electron chi connectivity index (χ3n) is 6.33. The highest BCUT2D eigenvalue weighted by molar-refractivity contribution is 8.20. The lowest BCUT2D eigenvalue weighted by Crippen LogP contribution is -2.35. The van der Waals surface area contributed by atoms with Gasteiger partial charge in [-0.3, -0.25) is 5.09 Å². The summed E-state index contributed by atoms with van der Waals surface area (Å²) in [4.78, 5) is 12.0. The quantitative estimate of drug-likeness (QED) is 0.203. The number of esters is 1. The Labute approximate surface area is 219 Å². The molecule has 2 unspecified atom stereocenters. The molecule has 0 aliphatic carbocycles. The second-order valence-electron chi connectivity index (χ2n) is 8.94. The minimum Gasteiger partial charge on any atom is -0.486 e. The summed E-state index contributed by atoms with van der Waals surface area (Å²) >= 11 is 6.49. The topological polar surface area (TPSA) is 47.6 Å². The molecular weight excluding hydrogens is 485 g/mol. The van der Waals surface area contributed by atoms with Crippen molar-refractivity contribution in [3.63, 3.8) is 0 Å². The standard InChI is InChI=1S/C30H34NO3PS/c1-3-5-12-23-17-19-29-27(21-23)28(22-24(34-29)18-20-30(32)33-4-2)31-35(36,25-13-8-6-9-14-25)26-15-10-7-11-16-26/h6-11,13-21,24,28H,3-5,12,22H2,1-2H3,(H,31,36)/b20-18+. The van der Waals surface area contributed by atoms with Crippen molar-refractivity contribution in [2.75, 3.05) is 6.61 Å². The average Bonchev–Trinajstić information content (AvgIpc) is 2.92. The van der Waals surface area contributed by atoms with Crippen LogP contribution in [0.15, 0.2) is 91.0 Å². The van der Waals surface area contributed by atoms with Crippen molar-refractivity contribution >= 4 is 34.6 Å². The number of ether oxygens (including phenoxy) is 2. The highest BCUT2D eigenvalue weighted by Crippen LogP contribution is 2.46. The second-order valence-corrected chi connectivity index (χ2v) is 13.1. The van der Waals surface area contributed by atoms with Crippen molar-refractivity contribution in [3.8, 4) is 5.75 Å². The number of carbonyl (C=O) groups is 1. The molecule has 0 radical (unpaired) electrons. The number of carbonyl (C=O) groups excluding carboxylic acids is 1. The first-order valence-corrected chi connectivity index (χ1v) is 15.5. The zero-order chi connectivity index (χ0) is 25.4. The Bertz CT molecular complexity index is 1190. The molecule has 1 heterocycles. The van der Waals surface area contributed by atoms with Gasteiger partial charge in [0.05, 0.1) is 12.8 Å². The molecule has 188 valence electrons. The molecule has 4 rings (SSSR count). The predicted octanol–water partition coefficient (Wildman–Crippen LogP) is 5.98. The van der Waals surface area contributed by atoms with E-state index in [2.05, 4.69) is 54.5 Å². The van der Waals surface area contributed by atoms with Gasteiger partial charge < -0.3 is 9.47 Å². The van der Waals surface area contributed by atoms with Gasteiger partial charge in [0.1, 0.15) is 11.9 Å². The lowest BCUT2D eigenvalue weighted by Gasteiger charge is -2.36. The van der Waals surface area contributed by atoms with Gasteiger partial charge in [0.2, 0.25) is 0 Å². The van der Waals surface area contributed by atoms with Crippen LogP contribution in [0.25, 0.3) is 0 Å². The molecule has 0 saturated heterocycles. The number of hydrogen-bond acceptors (Lipinski definition) is 4. The largest absolute Gasteiger partial charge is 0.486 e. The molecule has 4 nitrogen and oxygen atoms in total. The maximum Gasteiger partial charge on any atom is 0.330 e. The molecule has 0 spiro atoms. The van der Waals surface area contributed by atoms with E-state index in [-0.39, 0.29) is 18.1 Å². The van der Waals surface area contributed by atoms with E-state index in [1.165, 1.54) is 11.6 Å². The number of nitrogens with one attached hydrogen (secondary N) is 1. The van der Waals surface area contributed by atoms with Crippen LogP contribution in [0.3, 0.4) is 0 Å². The SMILES string of the molecule is CCCCc1ccc2c(c1)C(NP(=S)(c1ccccc1)c1ccccc1)CC(/C=C/C(=O)OCC)O2. The van der Waals surface area contributed by atoms with Crippen molar-refractivity contribution in [2.45, 2.75) is 51.7 Å². The minimum absolute atomic E-state index is 0.0292. The summed E-state index contributed by atoms with van der Waals surface area (Å²) < 4.78 is 11.4. The molecule has 0 saturated carbocycles. The number of fused-ring (bicyclic) bond motifs is 1. The number of benzene rings is 3. The summed E-state index contributed by atoms with van der Waals surface area (Å²) in [5.41, 5.74) is 2.43. The van der Waals surface area contributed by atoms with Crippen LogP contribution in [0, 0.1) is 0 Å². The normalized spacial score (nSPS) is 17.4. The van der Waals surface area contributed by atoms with Gasteiger partial charge in [0.25, 0.3) is 0 Å². The molecule has 0 amide bonds. The first-order valence-electron chi connectivity index (χ1n) is 12.7. The van der Waals surface area contributed by atoms with Crippen molar-refractivity contribution in [1.29, 1.82) is 0 Å². The Balaban J connectivity index is 1.73. The highest BCUT2D eigenvalue weighted by atomic mass is 32.4. The van der Waals surface area contributed by atoms with E-state index in [1.54, 1.807) is 13.0 Å². The van der Waals surface area contributed by atoms with Gasteiger partial charge in [0, 0.05) is 34.7 Å². The minimum atomic E-state index is -2.35. The van der Waals surface area contributed by atoms with Crippen molar-refractivity contribution in [2.24, 2.45) is 0 Å². The summed E-state index contributed by atoms with van der Waals surface area (Å²) in [5.74, 6) is 0.477. The number of aryl methyl sites for hydroxylation is 1. The molecule has 0 aromatic heterocycles. The van der Waals surface area contributed by atoms with Crippen LogP contribution in [-0.4, -0.2) is 18.7 Å². The fraction of sp³-hybridized carbons (Fsp3) is 0.300. The van der Waals surface area contributed by atoms with E-state index < -0.39 is 6.19 Å². The summed E-state index contributed by atoms with van der Waals surface area (Å²) in [6, 6.07) is 27.2. The Morgan fingerprint density at radius 3 is 2.33 bits per heavy atom. The number of hydrogen-bond donors (Lipinski definition) is 1. The first-order chi connectivity index (χ1) is 17.5. The number of rotatable bonds is 10. The molecule has 1 aliphatic heterocycles. The van der Waals surface area contributed by atoms with Crippen LogP contribution < -0.4 is 20.4 Å². The second kappa shape index (κ2) is 12.5. The molecule has 0 fully saturated rings. The van der Waals surface area contributed by atoms with Crippen molar-refractivity contribution < 1.29 is 14.3 Å². The molecule has 1 aliphatic rings. The monoisotopic (exact) mass is 519 g/mol. The Kier molecular flexibility index (Phi) is 9.14. The molecule has 6 heteroatoms. The maximum atomic E-state index is 12.0. The number of unbranched alkanes of at least 4 members (excludes halogenated alkanes) is 1. The van der Waals surface area contributed by atoms with Crippen LogP contribution in [0.2, 0.25) is 0 Å². The third kappa shape index (κ3) is 6.34. The van der Waals surface area contributed by atoms with E-state index in [0.717, 1.165) is 41.2 Å². The first kappa shape index (κ1) is 26.3. The van der Waals surface area contributed by atoms with Gasteiger partial charge in [-0.2, -0.15) is 0 Å². The van der Waals surface area contributed by atoms with Crippen molar-refractivity contribution in [1.82, 2.24) is 5.09 Å². The summed E-state index contributed by atoms with van der Waals surface area (Å²) in [7, 11) is 0. The Morgan fingerprint density at radius 2 is 1.72 bits per heavy atom. The van der Waals surface area contributed by atoms with E-state index in [1.807, 2.05) is 36.4 Å². The van der Waals surface area contributed by atoms with E-state index in [9.17, 15) is 4.79 Å². The fourth-order valence-corrected chi connectivity index (χ4v) is 8.07. The van der Waals surface area contributed by atoms with Crippen LogP contribution in [0.4, 0.5) is 0 Å². The van der Waals surface area contributed by atoms with E-state index in [4.69, 9.17) is 21.3 Å². The van der Waals surface area contributed by atoms with Crippen LogP contribution >= 0.6 is 6.19 Å². The Morgan fingerprint density at radius 1 is 1.06 bits per heavy atom. The van der Waals surface area contributed by atoms with Crippen LogP contribution in [-0.2, 0) is 27.8 Å². The van der Waals surface area contributed by atoms with E-state index >= 15 is 0 Å². The zero-order valence-electron chi connectivity index (χ0n) is 20.9. The van der Waals surface area contributed by atoms with Gasteiger partial charge in [0.15, 0.2) is 0 Å². The molecule has 3 aromatic carbocycles. The smallest absolute Gasteiger partial charge is 0.330 e. The predicted molar refractivity (Wildman–Crippen MR) is 152 cm³/mol. The molecular formula is C30H34NO3PS. The van der Waals surface area contributed by atoms with Crippen molar-refractivity contribution in [3.05, 3.63) is 102 Å². The summed E-state index contributed by atoms with van der Waals surface area (Å²) in [6.07, 6.45) is 4.65. The molecule has 0 bridgehead atoms. The van der Waals surface area contributed by atoms with Crippen LogP contribution in [0.1, 0.15) is 50.3 Å². The summed E-state index contributed by atoms with van der Waals surface area (Å²) in [5, 5.41) is 6.19. The summed E-state index contributed by atoms with van der Waals surface area (Å²) in [6.45, 7) is 4.36. The molecule has 1 N–H and O–H groups in total. The third-order valence-corrected chi connectivity index (χ3v) is 10.6. The van der Waals surface area contributed by atoms with Gasteiger partial charge in [-0.15, -0.1) is 0 Å². The molecule has 3 aromatic rings. The van der Waals surface area contributed by atoms with Gasteiger partial charge in [-0.05, 0) is 37.5 Å². The van der Waals surface area contributed by atoms with E-state index in [0.29, 0.717) is 13.0 Å². The van der Waals surface area contributed by atoms with Gasteiger partial charge in [-0.25, -0.2) is 4.79 Å². The Hall–Kier alpha value is -2.72. The zero-order valence-corrected chi connectivity index (χ0v) is 22.6. The highest BCUT2D eigenvalue weighted by Gasteiger charge is 2.33. The molecule has 36 heavy (non-hydrogen) atoms. The lowest BCUT2D eigenvalue weighted by atomic mass is 9.94. The van der Waals surface area contributed by atoms with Gasteiger partial charge >= 0.3 is 5.97 Å². The van der Waals surface area contributed by atoms with Crippen LogP contribution in [0.5, 0.6) is 5.75 Å². The average molecular weight is 520 g/mol. The maximum absolute atomic E-state index is 12.0.